The van der Waals surface area contributed by atoms with Crippen LogP contribution in [0, 0.1) is 11.3 Å². The summed E-state index contributed by atoms with van der Waals surface area (Å²) in [5, 5.41) is 13.5. The van der Waals surface area contributed by atoms with Gasteiger partial charge in [-0.2, -0.15) is 23.5 Å². The fourth-order valence-electron chi connectivity index (χ4n) is 3.75. The van der Waals surface area contributed by atoms with Crippen molar-refractivity contribution in [3.63, 3.8) is 0 Å². The van der Waals surface area contributed by atoms with Crippen LogP contribution < -0.4 is 4.74 Å². The van der Waals surface area contributed by atoms with Crippen molar-refractivity contribution in [3.05, 3.63) is 70.9 Å². The predicted molar refractivity (Wildman–Crippen MR) is 124 cm³/mol. The Bertz CT molecular complexity index is 1200. The van der Waals surface area contributed by atoms with E-state index in [1.54, 1.807) is 19.1 Å². The fourth-order valence-corrected chi connectivity index (χ4v) is 3.75. The molecule has 0 atom stereocenters. The number of hydrogen-bond acceptors (Lipinski definition) is 5. The summed E-state index contributed by atoms with van der Waals surface area (Å²) in [4.78, 5) is 11.8. The molecule has 0 radical (unpaired) electrons. The topological polar surface area (TPSA) is 77.1 Å². The minimum atomic E-state index is -4.51. The van der Waals surface area contributed by atoms with Crippen LogP contribution in [0.3, 0.4) is 0 Å². The lowest BCUT2D eigenvalue weighted by atomic mass is 9.97. The summed E-state index contributed by atoms with van der Waals surface area (Å²) in [5.74, 6) is -0.756. The first-order chi connectivity index (χ1) is 16.8. The lowest BCUT2D eigenvalue weighted by Crippen LogP contribution is -2.22. The van der Waals surface area contributed by atoms with Crippen molar-refractivity contribution in [2.24, 2.45) is 0 Å². The van der Waals surface area contributed by atoms with Crippen molar-refractivity contribution in [1.82, 2.24) is 9.78 Å². The third kappa shape index (κ3) is 6.85. The van der Waals surface area contributed by atoms with E-state index in [0.29, 0.717) is 29.7 Å². The molecule has 0 N–H and O–H groups in total. The number of ether oxygens (including phenoxy) is 2. The van der Waals surface area contributed by atoms with Crippen molar-refractivity contribution in [3.8, 4) is 23.1 Å². The number of rotatable bonds is 10. The van der Waals surface area contributed by atoms with E-state index in [1.807, 2.05) is 43.3 Å². The van der Waals surface area contributed by atoms with Crippen LogP contribution in [0.2, 0.25) is 0 Å². The maximum Gasteiger partial charge on any atom is 0.408 e. The monoisotopic (exact) mass is 485 g/mol. The molecule has 0 aliphatic rings. The number of nitrogens with zero attached hydrogens (tertiary/aromatic N) is 3. The molecule has 0 aliphatic heterocycles. The summed E-state index contributed by atoms with van der Waals surface area (Å²) >= 11 is 0. The molecule has 35 heavy (non-hydrogen) atoms. The van der Waals surface area contributed by atoms with Crippen molar-refractivity contribution < 1.29 is 27.4 Å². The highest BCUT2D eigenvalue weighted by Crippen LogP contribution is 2.31. The molecule has 3 aromatic rings. The van der Waals surface area contributed by atoms with Gasteiger partial charge in [0, 0.05) is 12.0 Å². The first-order valence-electron chi connectivity index (χ1n) is 11.3. The molecule has 6 nitrogen and oxygen atoms in total. The number of nitriles is 1. The number of halogens is 3. The molecule has 0 aliphatic carbocycles. The van der Waals surface area contributed by atoms with Crippen molar-refractivity contribution in [2.75, 3.05) is 13.2 Å². The average molecular weight is 486 g/mol. The zero-order valence-corrected chi connectivity index (χ0v) is 19.6. The molecule has 2 aromatic carbocycles. The Morgan fingerprint density at radius 3 is 2.46 bits per heavy atom. The molecule has 0 bridgehead atoms. The molecule has 1 heterocycles. The van der Waals surface area contributed by atoms with Crippen LogP contribution in [0.4, 0.5) is 13.2 Å². The minimum Gasteiger partial charge on any atom is -0.466 e. The summed E-state index contributed by atoms with van der Waals surface area (Å²) in [5.41, 5.74) is 4.03. The summed E-state index contributed by atoms with van der Waals surface area (Å²) in [6, 6.07) is 16.9. The van der Waals surface area contributed by atoms with Gasteiger partial charge in [0.25, 0.3) is 0 Å². The Labute approximate surface area is 201 Å². The molecule has 0 saturated carbocycles. The van der Waals surface area contributed by atoms with Gasteiger partial charge < -0.3 is 9.47 Å². The molecule has 184 valence electrons. The lowest BCUT2D eigenvalue weighted by molar-refractivity contribution is -0.146. The van der Waals surface area contributed by atoms with Gasteiger partial charge in [0.1, 0.15) is 6.54 Å². The number of hydrogen-bond donors (Lipinski definition) is 0. The van der Waals surface area contributed by atoms with Gasteiger partial charge in [0.2, 0.25) is 5.88 Å². The van der Waals surface area contributed by atoms with E-state index in [4.69, 9.17) is 9.47 Å². The largest absolute Gasteiger partial charge is 0.466 e. The van der Waals surface area contributed by atoms with E-state index < -0.39 is 25.3 Å². The minimum absolute atomic E-state index is 0.0854. The Morgan fingerprint density at radius 1 is 1.11 bits per heavy atom. The molecule has 1 aromatic heterocycles. The number of benzene rings is 2. The van der Waals surface area contributed by atoms with E-state index in [0.717, 1.165) is 21.4 Å². The van der Waals surface area contributed by atoms with Crippen molar-refractivity contribution in [2.45, 2.75) is 45.8 Å². The van der Waals surface area contributed by atoms with Crippen LogP contribution in [-0.4, -0.2) is 35.1 Å². The normalized spacial score (nSPS) is 11.2. The summed E-state index contributed by atoms with van der Waals surface area (Å²) < 4.78 is 50.9. The highest BCUT2D eigenvalue weighted by atomic mass is 19.4. The number of carbonyl (C=O) groups excluding carboxylic acids is 1. The SMILES string of the molecule is CCCc1nn(CC(F)(F)F)c(OCC(=O)OCC)c1Cc1ccc(-c2ccccc2C#N)cc1. The summed E-state index contributed by atoms with van der Waals surface area (Å²) in [7, 11) is 0. The molecular weight excluding hydrogens is 459 g/mol. The zero-order valence-electron chi connectivity index (χ0n) is 19.6. The third-order valence-corrected chi connectivity index (χ3v) is 5.22. The predicted octanol–water partition coefficient (Wildman–Crippen LogP) is 5.47. The third-order valence-electron chi connectivity index (χ3n) is 5.22. The number of alkyl halides is 3. The molecule has 0 amide bonds. The fraction of sp³-hybridized carbons (Fsp3) is 0.346. The number of esters is 1. The Balaban J connectivity index is 1.95. The van der Waals surface area contributed by atoms with Gasteiger partial charge >= 0.3 is 12.1 Å². The van der Waals surface area contributed by atoms with Gasteiger partial charge in [-0.3, -0.25) is 0 Å². The van der Waals surface area contributed by atoms with Crippen LogP contribution >= 0.6 is 0 Å². The van der Waals surface area contributed by atoms with Gasteiger partial charge in [-0.15, -0.1) is 0 Å². The maximum atomic E-state index is 13.2. The summed E-state index contributed by atoms with van der Waals surface area (Å²) in [6.07, 6.45) is -3.10. The standard InChI is InChI=1S/C26H26F3N3O3/c1-3-7-23-22(25(35-16-24(33)34-4-2)32(31-23)17-26(27,28)29)14-18-10-12-19(13-11-18)21-9-6-5-8-20(21)15-30/h5-6,8-13H,3-4,7,14,16-17H2,1-2H3. The van der Waals surface area contributed by atoms with E-state index in [9.17, 15) is 23.2 Å². The molecule has 3 rings (SSSR count). The van der Waals surface area contributed by atoms with E-state index in [-0.39, 0.29) is 18.9 Å². The van der Waals surface area contributed by atoms with E-state index >= 15 is 0 Å². The maximum absolute atomic E-state index is 13.2. The van der Waals surface area contributed by atoms with Gasteiger partial charge in [-0.05, 0) is 36.1 Å². The first kappa shape index (κ1) is 25.8. The van der Waals surface area contributed by atoms with E-state index in [2.05, 4.69) is 11.2 Å². The Hall–Kier alpha value is -3.80. The lowest BCUT2D eigenvalue weighted by Gasteiger charge is -2.13. The second-order valence-corrected chi connectivity index (χ2v) is 7.88. The molecule has 0 fully saturated rings. The molecule has 9 heteroatoms. The Kier molecular flexibility index (Phi) is 8.53. The average Bonchev–Trinajstić information content (AvgIpc) is 3.12. The highest BCUT2D eigenvalue weighted by molar-refractivity contribution is 5.71. The van der Waals surface area contributed by atoms with Crippen LogP contribution in [0.15, 0.2) is 48.5 Å². The molecule has 0 unspecified atom stereocenters. The smallest absolute Gasteiger partial charge is 0.408 e. The van der Waals surface area contributed by atoms with Gasteiger partial charge in [-0.25, -0.2) is 9.48 Å². The van der Waals surface area contributed by atoms with Gasteiger partial charge in [0.15, 0.2) is 6.61 Å². The summed E-state index contributed by atoms with van der Waals surface area (Å²) in [6.45, 7) is 1.84. The number of carbonyl (C=O) groups is 1. The molecule has 0 spiro atoms. The number of aromatic nitrogens is 2. The first-order valence-corrected chi connectivity index (χ1v) is 11.3. The molecule has 0 saturated heterocycles. The quantitative estimate of drug-likeness (QED) is 0.356. The van der Waals surface area contributed by atoms with Gasteiger partial charge in [-0.1, -0.05) is 55.8 Å². The van der Waals surface area contributed by atoms with Crippen LogP contribution in [0.25, 0.3) is 11.1 Å². The van der Waals surface area contributed by atoms with Crippen molar-refractivity contribution in [1.29, 1.82) is 5.26 Å². The Morgan fingerprint density at radius 2 is 1.83 bits per heavy atom. The highest BCUT2D eigenvalue weighted by Gasteiger charge is 2.32. The second-order valence-electron chi connectivity index (χ2n) is 7.88. The van der Waals surface area contributed by atoms with E-state index in [1.165, 1.54) is 0 Å². The second kappa shape index (κ2) is 11.6. The number of aryl methyl sites for hydroxylation is 1. The van der Waals surface area contributed by atoms with Crippen LogP contribution in [0.1, 0.15) is 42.7 Å². The van der Waals surface area contributed by atoms with Gasteiger partial charge in [0.05, 0.1) is 23.9 Å². The zero-order chi connectivity index (χ0) is 25.4. The van der Waals surface area contributed by atoms with Crippen LogP contribution in [-0.2, 0) is 28.9 Å². The molecular formula is C26H26F3N3O3. The van der Waals surface area contributed by atoms with Crippen LogP contribution in [0.5, 0.6) is 5.88 Å². The van der Waals surface area contributed by atoms with Crippen molar-refractivity contribution >= 4 is 5.97 Å².